The van der Waals surface area contributed by atoms with Crippen molar-refractivity contribution in [3.8, 4) is 0 Å². The lowest BCUT2D eigenvalue weighted by atomic mass is 10.0. The minimum Gasteiger partial charge on any atom is -0.304 e. The average molecular weight is 337 g/mol. The van der Waals surface area contributed by atoms with Crippen LogP contribution in [0, 0.1) is 0 Å². The monoisotopic (exact) mass is 337 g/mol. The quantitative estimate of drug-likeness (QED) is 0.782. The lowest BCUT2D eigenvalue weighted by Crippen LogP contribution is -2.26. The molecule has 0 fully saturated rings. The van der Waals surface area contributed by atoms with E-state index in [0.29, 0.717) is 6.54 Å². The molecule has 0 bridgehead atoms. The van der Waals surface area contributed by atoms with Gasteiger partial charge in [0.25, 0.3) is 11.1 Å². The van der Waals surface area contributed by atoms with Crippen LogP contribution in [0.3, 0.4) is 0 Å². The van der Waals surface area contributed by atoms with Crippen molar-refractivity contribution in [2.24, 2.45) is 0 Å². The minimum atomic E-state index is -0.295. The molecule has 4 rings (SSSR count). The Labute approximate surface area is 141 Å². The number of H-pyrrole nitrogens is 1. The molecule has 1 N–H and O–H groups in total. The normalized spacial score (nSPS) is 13.6. The van der Waals surface area contributed by atoms with E-state index in [1.807, 2.05) is 37.3 Å². The van der Waals surface area contributed by atoms with Crippen LogP contribution in [0.4, 0.5) is 0 Å². The van der Waals surface area contributed by atoms with Crippen molar-refractivity contribution in [2.45, 2.75) is 19.9 Å². The number of fused-ring (bicyclic) bond motifs is 2. The summed E-state index contributed by atoms with van der Waals surface area (Å²) in [4.78, 5) is 28.9. The highest BCUT2D eigenvalue weighted by Gasteiger charge is 2.19. The zero-order chi connectivity index (χ0) is 16.7. The van der Waals surface area contributed by atoms with Crippen molar-refractivity contribution < 1.29 is 0 Å². The Morgan fingerprint density at radius 3 is 2.83 bits per heavy atom. The SMILES string of the molecule is CCc1c2n(c(=O)c3c(=O)[nH]sc13)CC=CC(c1ccncc1)=C2. The molecule has 0 saturated heterocycles. The number of aromatic nitrogens is 3. The maximum atomic E-state index is 12.8. The average Bonchev–Trinajstić information content (AvgIpc) is 2.85. The van der Waals surface area contributed by atoms with E-state index in [2.05, 4.69) is 9.36 Å². The number of nitrogens with zero attached hydrogens (tertiary/aromatic N) is 2. The Morgan fingerprint density at radius 2 is 2.08 bits per heavy atom. The Bertz CT molecular complexity index is 1100. The molecule has 3 aromatic rings. The van der Waals surface area contributed by atoms with Crippen LogP contribution in [0.2, 0.25) is 0 Å². The van der Waals surface area contributed by atoms with Gasteiger partial charge in [-0.2, -0.15) is 0 Å². The van der Waals surface area contributed by atoms with Gasteiger partial charge < -0.3 is 4.57 Å². The number of nitrogens with one attached hydrogen (secondary N) is 1. The van der Waals surface area contributed by atoms with Gasteiger partial charge in [-0.3, -0.25) is 18.9 Å². The Kier molecular flexibility index (Phi) is 3.54. The topological polar surface area (TPSA) is 67.8 Å². The van der Waals surface area contributed by atoms with E-state index in [0.717, 1.165) is 33.5 Å². The highest BCUT2D eigenvalue weighted by molar-refractivity contribution is 7.13. The highest BCUT2D eigenvalue weighted by Crippen LogP contribution is 2.28. The first-order valence-corrected chi connectivity index (χ1v) is 8.58. The fourth-order valence-corrected chi connectivity index (χ4v) is 4.08. The Hall–Kier alpha value is -2.73. The smallest absolute Gasteiger partial charge is 0.271 e. The Balaban J connectivity index is 2.08. The molecular weight excluding hydrogens is 322 g/mol. The van der Waals surface area contributed by atoms with E-state index in [-0.39, 0.29) is 16.5 Å². The molecule has 0 unspecified atom stereocenters. The first kappa shape index (κ1) is 14.8. The highest BCUT2D eigenvalue weighted by atomic mass is 32.1. The van der Waals surface area contributed by atoms with Gasteiger partial charge in [-0.15, -0.1) is 0 Å². The van der Waals surface area contributed by atoms with Crippen molar-refractivity contribution in [3.05, 3.63) is 74.2 Å². The molecule has 1 aliphatic rings. The van der Waals surface area contributed by atoms with Crippen LogP contribution in [0.25, 0.3) is 21.7 Å². The second-order valence-electron chi connectivity index (χ2n) is 5.61. The number of allylic oxidation sites excluding steroid dienone is 3. The summed E-state index contributed by atoms with van der Waals surface area (Å²) in [7, 11) is 0. The van der Waals surface area contributed by atoms with Crippen LogP contribution in [-0.4, -0.2) is 13.9 Å². The Morgan fingerprint density at radius 1 is 1.29 bits per heavy atom. The van der Waals surface area contributed by atoms with Gasteiger partial charge >= 0.3 is 0 Å². The molecule has 5 nitrogen and oxygen atoms in total. The van der Waals surface area contributed by atoms with Crippen molar-refractivity contribution >= 4 is 33.3 Å². The predicted octanol–water partition coefficient (Wildman–Crippen LogP) is 2.82. The van der Waals surface area contributed by atoms with Gasteiger partial charge in [0.1, 0.15) is 5.39 Å². The third-order valence-corrected chi connectivity index (χ3v) is 5.22. The molecule has 0 aliphatic carbocycles. The molecular formula is C18H15N3O2S. The van der Waals surface area contributed by atoms with Crippen LogP contribution >= 0.6 is 11.5 Å². The minimum absolute atomic E-state index is 0.225. The molecule has 24 heavy (non-hydrogen) atoms. The van der Waals surface area contributed by atoms with Gasteiger partial charge in [0.15, 0.2) is 0 Å². The molecule has 0 atom stereocenters. The molecule has 0 amide bonds. The first-order valence-electron chi connectivity index (χ1n) is 7.76. The van der Waals surface area contributed by atoms with Crippen molar-refractivity contribution in [1.82, 2.24) is 13.9 Å². The second kappa shape index (κ2) is 5.72. The molecule has 120 valence electrons. The molecule has 0 spiro atoms. The maximum Gasteiger partial charge on any atom is 0.271 e. The molecule has 6 heteroatoms. The van der Waals surface area contributed by atoms with E-state index in [4.69, 9.17) is 0 Å². The molecule has 1 aliphatic heterocycles. The van der Waals surface area contributed by atoms with Gasteiger partial charge in [0, 0.05) is 24.6 Å². The van der Waals surface area contributed by atoms with Crippen LogP contribution in [-0.2, 0) is 13.0 Å². The summed E-state index contributed by atoms with van der Waals surface area (Å²) in [6, 6.07) is 3.89. The molecule has 0 saturated carbocycles. The predicted molar refractivity (Wildman–Crippen MR) is 97.3 cm³/mol. The second-order valence-corrected chi connectivity index (χ2v) is 6.42. The number of rotatable bonds is 2. The number of aryl methyl sites for hydroxylation is 1. The van der Waals surface area contributed by atoms with Crippen LogP contribution in [0.1, 0.15) is 23.7 Å². The third kappa shape index (κ3) is 2.18. The summed E-state index contributed by atoms with van der Waals surface area (Å²) < 4.78 is 5.16. The van der Waals surface area contributed by atoms with Crippen molar-refractivity contribution in [1.29, 1.82) is 0 Å². The van der Waals surface area contributed by atoms with E-state index in [1.54, 1.807) is 17.0 Å². The molecule has 0 aromatic carbocycles. The fourth-order valence-electron chi connectivity index (χ4n) is 3.13. The van der Waals surface area contributed by atoms with Crippen LogP contribution in [0.15, 0.2) is 46.3 Å². The summed E-state index contributed by atoms with van der Waals surface area (Å²) in [5, 5.41) is 0.273. The molecule has 3 aromatic heterocycles. The lowest BCUT2D eigenvalue weighted by Gasteiger charge is -2.12. The molecule has 4 heterocycles. The van der Waals surface area contributed by atoms with Gasteiger partial charge in [0.05, 0.1) is 4.70 Å². The maximum absolute atomic E-state index is 12.8. The summed E-state index contributed by atoms with van der Waals surface area (Å²) in [6.45, 7) is 2.50. The van der Waals surface area contributed by atoms with Gasteiger partial charge in [-0.25, -0.2) is 0 Å². The summed E-state index contributed by atoms with van der Waals surface area (Å²) in [5.74, 6) is 0. The summed E-state index contributed by atoms with van der Waals surface area (Å²) >= 11 is 1.25. The lowest BCUT2D eigenvalue weighted by molar-refractivity contribution is 0.771. The summed E-state index contributed by atoms with van der Waals surface area (Å²) in [6.07, 6.45) is 10.3. The first-order chi connectivity index (χ1) is 11.7. The third-order valence-electron chi connectivity index (χ3n) is 4.28. The van der Waals surface area contributed by atoms with Gasteiger partial charge in [0.2, 0.25) is 0 Å². The number of hydrogen-bond donors (Lipinski definition) is 1. The standard InChI is InChI=1S/C18H15N3O2S/c1-2-13-14-10-12(11-5-7-19-8-6-11)4-3-9-21(14)18(23)15-16(13)24-20-17(15)22/h3-8,10H,2,9H2,1H3,(H,20,22). The summed E-state index contributed by atoms with van der Waals surface area (Å²) in [5.41, 5.74) is 3.46. The zero-order valence-electron chi connectivity index (χ0n) is 13.1. The fraction of sp³-hybridized carbons (Fsp3) is 0.167. The van der Waals surface area contributed by atoms with E-state index in [1.165, 1.54) is 11.5 Å². The zero-order valence-corrected chi connectivity index (χ0v) is 13.9. The van der Waals surface area contributed by atoms with E-state index < -0.39 is 0 Å². The van der Waals surface area contributed by atoms with Crippen molar-refractivity contribution in [2.75, 3.05) is 0 Å². The van der Waals surface area contributed by atoms with Gasteiger partial charge in [-0.1, -0.05) is 30.6 Å². The van der Waals surface area contributed by atoms with E-state index in [9.17, 15) is 9.59 Å². The van der Waals surface area contributed by atoms with Gasteiger partial charge in [-0.05, 0) is 41.3 Å². The van der Waals surface area contributed by atoms with Crippen LogP contribution < -0.4 is 11.1 Å². The van der Waals surface area contributed by atoms with Crippen LogP contribution in [0.5, 0.6) is 0 Å². The molecule has 0 radical (unpaired) electrons. The number of hydrogen-bond acceptors (Lipinski definition) is 4. The number of aromatic amines is 1. The van der Waals surface area contributed by atoms with E-state index >= 15 is 0 Å². The van der Waals surface area contributed by atoms with Crippen molar-refractivity contribution in [3.63, 3.8) is 0 Å². The number of pyridine rings is 2. The largest absolute Gasteiger partial charge is 0.304 e.